The molecule has 1 saturated heterocycles. The number of nitrogens with zero attached hydrogens (tertiary/aromatic N) is 1. The fourth-order valence-corrected chi connectivity index (χ4v) is 4.81. The Morgan fingerprint density at radius 1 is 1.43 bits per heavy atom. The Morgan fingerprint density at radius 3 is 3.00 bits per heavy atom. The van der Waals surface area contributed by atoms with E-state index in [-0.39, 0.29) is 23.3 Å². The van der Waals surface area contributed by atoms with E-state index in [0.29, 0.717) is 18.8 Å². The first-order valence-corrected chi connectivity index (χ1v) is 8.55. The SMILES string of the molecule is CNCC1CCCN1S(=O)(=O)c1ccc2c(c1)CC(=O)N2. The quantitative estimate of drug-likeness (QED) is 0.851. The average molecular weight is 309 g/mol. The van der Waals surface area contributed by atoms with Crippen molar-refractivity contribution in [2.45, 2.75) is 30.2 Å². The van der Waals surface area contributed by atoms with E-state index in [1.54, 1.807) is 22.5 Å². The molecule has 1 atom stereocenters. The van der Waals surface area contributed by atoms with Crippen molar-refractivity contribution in [1.29, 1.82) is 0 Å². The molecule has 6 nitrogen and oxygen atoms in total. The van der Waals surface area contributed by atoms with Crippen molar-refractivity contribution in [1.82, 2.24) is 9.62 Å². The summed E-state index contributed by atoms with van der Waals surface area (Å²) in [7, 11) is -1.67. The van der Waals surface area contributed by atoms with Crippen LogP contribution in [0.1, 0.15) is 18.4 Å². The van der Waals surface area contributed by atoms with Crippen LogP contribution in [-0.4, -0.2) is 44.8 Å². The van der Waals surface area contributed by atoms with Crippen molar-refractivity contribution in [2.24, 2.45) is 0 Å². The average Bonchev–Trinajstić information content (AvgIpc) is 3.03. The van der Waals surface area contributed by atoms with Gasteiger partial charge in [-0.05, 0) is 43.7 Å². The molecule has 0 spiro atoms. The highest BCUT2D eigenvalue weighted by atomic mass is 32.2. The van der Waals surface area contributed by atoms with Crippen LogP contribution in [-0.2, 0) is 21.2 Å². The summed E-state index contributed by atoms with van der Waals surface area (Å²) in [5, 5.41) is 5.77. The topological polar surface area (TPSA) is 78.5 Å². The predicted octanol–water partition coefficient (Wildman–Crippen LogP) is 0.554. The number of sulfonamides is 1. The lowest BCUT2D eigenvalue weighted by Gasteiger charge is -2.24. The van der Waals surface area contributed by atoms with Gasteiger partial charge >= 0.3 is 0 Å². The lowest BCUT2D eigenvalue weighted by molar-refractivity contribution is -0.115. The molecule has 0 radical (unpaired) electrons. The van der Waals surface area contributed by atoms with Crippen LogP contribution in [0.25, 0.3) is 0 Å². The predicted molar refractivity (Wildman–Crippen MR) is 79.6 cm³/mol. The molecule has 0 aromatic heterocycles. The second-order valence-corrected chi connectivity index (χ2v) is 7.40. The zero-order valence-electron chi connectivity index (χ0n) is 11.9. The number of amides is 1. The summed E-state index contributed by atoms with van der Waals surface area (Å²) in [5.74, 6) is -0.0891. The standard InChI is InChI=1S/C14H19N3O3S/c1-15-9-11-3-2-6-17(11)21(19,20)12-4-5-13-10(7-12)8-14(18)16-13/h4-5,7,11,15H,2-3,6,8-9H2,1H3,(H,16,18). The molecule has 1 unspecified atom stereocenters. The first-order chi connectivity index (χ1) is 10.0. The Bertz CT molecular complexity index is 672. The van der Waals surface area contributed by atoms with E-state index in [1.807, 2.05) is 7.05 Å². The monoisotopic (exact) mass is 309 g/mol. The number of carbonyl (C=O) groups is 1. The normalized spacial score (nSPS) is 22.3. The van der Waals surface area contributed by atoms with E-state index in [9.17, 15) is 13.2 Å². The Labute approximate surface area is 124 Å². The molecule has 1 aromatic rings. The summed E-state index contributed by atoms with van der Waals surface area (Å²) in [5.41, 5.74) is 1.47. The summed E-state index contributed by atoms with van der Waals surface area (Å²) in [6, 6.07) is 4.88. The highest BCUT2D eigenvalue weighted by Crippen LogP contribution is 2.30. The Hall–Kier alpha value is -1.44. The molecular formula is C14H19N3O3S. The van der Waals surface area contributed by atoms with Crippen molar-refractivity contribution < 1.29 is 13.2 Å². The van der Waals surface area contributed by atoms with Crippen molar-refractivity contribution in [3.05, 3.63) is 23.8 Å². The molecule has 2 heterocycles. The van der Waals surface area contributed by atoms with Gasteiger partial charge in [0.25, 0.3) is 0 Å². The number of hydrogen-bond donors (Lipinski definition) is 2. The van der Waals surface area contributed by atoms with Crippen molar-refractivity contribution in [3.63, 3.8) is 0 Å². The third kappa shape index (κ3) is 2.56. The minimum atomic E-state index is -3.49. The van der Waals surface area contributed by atoms with E-state index in [0.717, 1.165) is 18.4 Å². The summed E-state index contributed by atoms with van der Waals surface area (Å²) < 4.78 is 27.2. The number of rotatable bonds is 4. The molecule has 21 heavy (non-hydrogen) atoms. The van der Waals surface area contributed by atoms with Gasteiger partial charge in [0.05, 0.1) is 11.3 Å². The van der Waals surface area contributed by atoms with Gasteiger partial charge in [0.15, 0.2) is 0 Å². The first-order valence-electron chi connectivity index (χ1n) is 7.11. The van der Waals surface area contributed by atoms with Crippen LogP contribution in [0, 0.1) is 0 Å². The molecule has 1 amide bonds. The van der Waals surface area contributed by atoms with Gasteiger partial charge < -0.3 is 10.6 Å². The smallest absolute Gasteiger partial charge is 0.243 e. The Kier molecular flexibility index (Phi) is 3.73. The van der Waals surface area contributed by atoms with Crippen LogP contribution in [0.4, 0.5) is 5.69 Å². The van der Waals surface area contributed by atoms with Gasteiger partial charge in [-0.15, -0.1) is 0 Å². The highest BCUT2D eigenvalue weighted by Gasteiger charge is 2.35. The van der Waals surface area contributed by atoms with Crippen LogP contribution in [0.2, 0.25) is 0 Å². The van der Waals surface area contributed by atoms with Crippen molar-refractivity contribution >= 4 is 21.6 Å². The van der Waals surface area contributed by atoms with E-state index in [4.69, 9.17) is 0 Å². The molecule has 7 heteroatoms. The van der Waals surface area contributed by atoms with Gasteiger partial charge in [-0.25, -0.2) is 8.42 Å². The minimum absolute atomic E-state index is 0.00742. The molecule has 114 valence electrons. The maximum absolute atomic E-state index is 12.8. The van der Waals surface area contributed by atoms with E-state index >= 15 is 0 Å². The lowest BCUT2D eigenvalue weighted by Crippen LogP contribution is -2.40. The van der Waals surface area contributed by atoms with Crippen LogP contribution in [0.3, 0.4) is 0 Å². The largest absolute Gasteiger partial charge is 0.326 e. The molecule has 0 aliphatic carbocycles. The van der Waals surface area contributed by atoms with E-state index in [2.05, 4.69) is 10.6 Å². The van der Waals surface area contributed by atoms with Crippen LogP contribution in [0.5, 0.6) is 0 Å². The zero-order valence-corrected chi connectivity index (χ0v) is 12.7. The molecule has 3 rings (SSSR count). The number of nitrogens with one attached hydrogen (secondary N) is 2. The number of anilines is 1. The third-order valence-electron chi connectivity index (χ3n) is 4.07. The van der Waals surface area contributed by atoms with Gasteiger partial charge in [0, 0.05) is 24.8 Å². The van der Waals surface area contributed by atoms with Crippen LogP contribution >= 0.6 is 0 Å². The van der Waals surface area contributed by atoms with Crippen LogP contribution in [0.15, 0.2) is 23.1 Å². The summed E-state index contributed by atoms with van der Waals surface area (Å²) in [4.78, 5) is 11.7. The fraction of sp³-hybridized carbons (Fsp3) is 0.500. The molecule has 1 fully saturated rings. The van der Waals surface area contributed by atoms with Gasteiger partial charge in [-0.3, -0.25) is 4.79 Å². The van der Waals surface area contributed by atoms with E-state index in [1.165, 1.54) is 0 Å². The number of hydrogen-bond acceptors (Lipinski definition) is 4. The maximum atomic E-state index is 12.8. The molecule has 2 aliphatic heterocycles. The van der Waals surface area contributed by atoms with Crippen molar-refractivity contribution in [3.8, 4) is 0 Å². The highest BCUT2D eigenvalue weighted by molar-refractivity contribution is 7.89. The van der Waals surface area contributed by atoms with Crippen LogP contribution < -0.4 is 10.6 Å². The van der Waals surface area contributed by atoms with E-state index < -0.39 is 10.0 Å². The Morgan fingerprint density at radius 2 is 2.24 bits per heavy atom. The fourth-order valence-electron chi connectivity index (χ4n) is 3.07. The number of fused-ring (bicyclic) bond motifs is 1. The van der Waals surface area contributed by atoms with Gasteiger partial charge in [0.2, 0.25) is 15.9 Å². The number of benzene rings is 1. The number of carbonyl (C=O) groups excluding carboxylic acids is 1. The number of likely N-dealkylation sites (N-methyl/N-ethyl adjacent to an activating group) is 1. The first kappa shape index (κ1) is 14.5. The molecule has 2 N–H and O–H groups in total. The summed E-state index contributed by atoms with van der Waals surface area (Å²) in [6.07, 6.45) is 2.01. The lowest BCUT2D eigenvalue weighted by atomic mass is 10.2. The zero-order chi connectivity index (χ0) is 15.0. The molecule has 0 bridgehead atoms. The Balaban J connectivity index is 1.92. The van der Waals surface area contributed by atoms with Gasteiger partial charge in [-0.1, -0.05) is 0 Å². The molecule has 1 aromatic carbocycles. The second kappa shape index (κ2) is 5.40. The second-order valence-electron chi connectivity index (χ2n) is 5.51. The molecule has 0 saturated carbocycles. The van der Waals surface area contributed by atoms with Gasteiger partial charge in [0.1, 0.15) is 0 Å². The molecule has 2 aliphatic rings. The third-order valence-corrected chi connectivity index (χ3v) is 6.02. The minimum Gasteiger partial charge on any atom is -0.326 e. The van der Waals surface area contributed by atoms with Crippen molar-refractivity contribution in [2.75, 3.05) is 25.5 Å². The molecular weight excluding hydrogens is 290 g/mol. The summed E-state index contributed by atoms with van der Waals surface area (Å²) in [6.45, 7) is 1.22. The summed E-state index contributed by atoms with van der Waals surface area (Å²) >= 11 is 0. The van der Waals surface area contributed by atoms with Gasteiger partial charge in [-0.2, -0.15) is 4.31 Å². The maximum Gasteiger partial charge on any atom is 0.243 e.